The summed E-state index contributed by atoms with van der Waals surface area (Å²) in [6.07, 6.45) is 5.43. The van der Waals surface area contributed by atoms with Crippen LogP contribution in [0.1, 0.15) is 78.6 Å². The second-order valence-corrected chi connectivity index (χ2v) is 14.9. The van der Waals surface area contributed by atoms with Crippen LogP contribution in [0.2, 0.25) is 0 Å². The van der Waals surface area contributed by atoms with Crippen molar-refractivity contribution in [2.45, 2.75) is 96.0 Å². The van der Waals surface area contributed by atoms with Gasteiger partial charge in [-0.15, -0.1) is 22.7 Å². The summed E-state index contributed by atoms with van der Waals surface area (Å²) in [4.78, 5) is 51.3. The number of urea groups is 1. The standard InChI is InChI=1S/C38H51N7O4S2/c1-27(2)36-42-32(25-50-36)23-45(3)37(47)44-34(16-10-11-19-39)35(46)41-30(20-28-12-6-4-7-13-28)17-18-31(21-29-14-8-5-9-15-29)43-38(48)49-24-33-22-40-26-51-33/h4-9,12-15,22,25-27,30-31,34H,10-11,16-21,23-24,39H2,1-3H3,(H,41,46)(H,43,48)(H,44,47)/t30-,31-,34+/m1/s1. The van der Waals surface area contributed by atoms with Gasteiger partial charge in [0.25, 0.3) is 0 Å². The summed E-state index contributed by atoms with van der Waals surface area (Å²) < 4.78 is 5.50. The maximum atomic E-state index is 14.0. The number of aromatic nitrogens is 2. The molecule has 11 nitrogen and oxygen atoms in total. The largest absolute Gasteiger partial charge is 0.444 e. The first-order valence-electron chi connectivity index (χ1n) is 17.5. The van der Waals surface area contributed by atoms with Gasteiger partial charge in [0.1, 0.15) is 12.6 Å². The van der Waals surface area contributed by atoms with E-state index < -0.39 is 12.1 Å². The van der Waals surface area contributed by atoms with E-state index >= 15 is 0 Å². The molecule has 0 radical (unpaired) electrons. The van der Waals surface area contributed by atoms with Gasteiger partial charge in [0.05, 0.1) is 27.6 Å². The number of nitrogens with two attached hydrogens (primary N) is 1. The molecule has 0 saturated heterocycles. The van der Waals surface area contributed by atoms with Gasteiger partial charge in [0, 0.05) is 36.6 Å². The van der Waals surface area contributed by atoms with E-state index in [1.54, 1.807) is 35.0 Å². The predicted octanol–water partition coefficient (Wildman–Crippen LogP) is 6.41. The van der Waals surface area contributed by atoms with Crippen molar-refractivity contribution in [3.05, 3.63) is 104 Å². The average Bonchev–Trinajstić information content (AvgIpc) is 3.83. The molecule has 3 atom stereocenters. The SMILES string of the molecule is CC(C)c1nc(CN(C)C(=O)N[C@@H](CCCCN)C(=O)N[C@H](CC[C@H](Cc2ccccc2)NC(=O)OCc2cncs2)Cc2ccccc2)cs1. The van der Waals surface area contributed by atoms with E-state index in [9.17, 15) is 14.4 Å². The van der Waals surface area contributed by atoms with Crippen LogP contribution in [-0.2, 0) is 35.5 Å². The van der Waals surface area contributed by atoms with Gasteiger partial charge in [-0.25, -0.2) is 14.6 Å². The molecule has 0 aliphatic heterocycles. The van der Waals surface area contributed by atoms with Gasteiger partial charge in [-0.2, -0.15) is 0 Å². The molecule has 0 aliphatic carbocycles. The van der Waals surface area contributed by atoms with Crippen LogP contribution in [0.5, 0.6) is 0 Å². The van der Waals surface area contributed by atoms with E-state index in [1.807, 2.05) is 66.0 Å². The lowest BCUT2D eigenvalue weighted by atomic mass is 9.95. The van der Waals surface area contributed by atoms with Crippen LogP contribution in [0.15, 0.2) is 77.8 Å². The number of alkyl carbamates (subject to hydrolysis) is 1. The first-order valence-corrected chi connectivity index (χ1v) is 19.3. The number of nitrogens with one attached hydrogen (secondary N) is 3. The summed E-state index contributed by atoms with van der Waals surface area (Å²) in [6, 6.07) is 18.4. The summed E-state index contributed by atoms with van der Waals surface area (Å²) in [5, 5.41) is 12.3. The molecule has 13 heteroatoms. The average molecular weight is 734 g/mol. The molecule has 0 unspecified atom stereocenters. The minimum absolute atomic E-state index is 0.149. The van der Waals surface area contributed by atoms with E-state index in [4.69, 9.17) is 10.5 Å². The highest BCUT2D eigenvalue weighted by Crippen LogP contribution is 2.20. The molecule has 0 fully saturated rings. The van der Waals surface area contributed by atoms with Crippen LogP contribution >= 0.6 is 22.7 Å². The zero-order chi connectivity index (χ0) is 36.4. The van der Waals surface area contributed by atoms with Crippen LogP contribution in [0.3, 0.4) is 0 Å². The molecule has 51 heavy (non-hydrogen) atoms. The highest BCUT2D eigenvalue weighted by Gasteiger charge is 2.26. The molecule has 2 aromatic heterocycles. The van der Waals surface area contributed by atoms with Gasteiger partial charge >= 0.3 is 12.1 Å². The topological polar surface area (TPSA) is 152 Å². The molecule has 0 saturated carbocycles. The number of carbonyl (C=O) groups is 3. The maximum absolute atomic E-state index is 14.0. The second-order valence-electron chi connectivity index (χ2n) is 13.0. The number of nitrogens with zero attached hydrogens (tertiary/aromatic N) is 3. The van der Waals surface area contributed by atoms with Crippen LogP contribution in [0.4, 0.5) is 9.59 Å². The zero-order valence-electron chi connectivity index (χ0n) is 29.8. The Morgan fingerprint density at radius 3 is 2.08 bits per heavy atom. The van der Waals surface area contributed by atoms with Gasteiger partial charge in [-0.1, -0.05) is 74.5 Å². The van der Waals surface area contributed by atoms with Gasteiger partial charge < -0.3 is 31.3 Å². The Hall–Kier alpha value is -4.33. The first-order chi connectivity index (χ1) is 24.7. The number of hydrogen-bond donors (Lipinski definition) is 4. The van der Waals surface area contributed by atoms with Crippen LogP contribution < -0.4 is 21.7 Å². The van der Waals surface area contributed by atoms with Gasteiger partial charge in [0.15, 0.2) is 0 Å². The first kappa shape index (κ1) is 39.5. The van der Waals surface area contributed by atoms with Crippen molar-refractivity contribution in [3.63, 3.8) is 0 Å². The Bertz CT molecular complexity index is 1600. The number of carbonyl (C=O) groups excluding carboxylic acids is 3. The lowest BCUT2D eigenvalue weighted by Crippen LogP contribution is -2.52. The molecule has 2 heterocycles. The minimum atomic E-state index is -0.744. The third-order valence-corrected chi connectivity index (χ3v) is 10.3. The Morgan fingerprint density at radius 1 is 0.863 bits per heavy atom. The summed E-state index contributed by atoms with van der Waals surface area (Å²) >= 11 is 3.01. The molecule has 0 bridgehead atoms. The third kappa shape index (κ3) is 14.1. The van der Waals surface area contributed by atoms with Crippen LogP contribution in [-0.4, -0.2) is 64.6 Å². The molecular weight excluding hydrogens is 683 g/mol. The number of hydrogen-bond acceptors (Lipinski definition) is 9. The Morgan fingerprint density at radius 2 is 1.51 bits per heavy atom. The Labute approximate surface area is 309 Å². The van der Waals surface area contributed by atoms with Crippen molar-refractivity contribution in [3.8, 4) is 0 Å². The third-order valence-electron chi connectivity index (χ3n) is 8.38. The minimum Gasteiger partial charge on any atom is -0.444 e. The van der Waals surface area contributed by atoms with Crippen molar-refractivity contribution in [2.24, 2.45) is 5.73 Å². The molecule has 0 spiro atoms. The van der Waals surface area contributed by atoms with Crippen LogP contribution in [0.25, 0.3) is 0 Å². The zero-order valence-corrected chi connectivity index (χ0v) is 31.4. The van der Waals surface area contributed by atoms with Crippen molar-refractivity contribution >= 4 is 40.7 Å². The highest BCUT2D eigenvalue weighted by atomic mass is 32.1. The summed E-state index contributed by atoms with van der Waals surface area (Å²) in [6.45, 7) is 5.17. The maximum Gasteiger partial charge on any atom is 0.407 e. The summed E-state index contributed by atoms with van der Waals surface area (Å²) in [5.41, 5.74) is 10.5. The van der Waals surface area contributed by atoms with E-state index in [2.05, 4.69) is 39.8 Å². The lowest BCUT2D eigenvalue weighted by molar-refractivity contribution is -0.124. The fraction of sp³-hybridized carbons (Fsp3) is 0.447. The fourth-order valence-corrected chi connectivity index (χ4v) is 6.94. The fourth-order valence-electron chi connectivity index (χ4n) is 5.61. The Balaban J connectivity index is 1.45. The van der Waals surface area contributed by atoms with E-state index in [0.717, 1.165) is 33.1 Å². The van der Waals surface area contributed by atoms with Crippen molar-refractivity contribution in [1.82, 2.24) is 30.8 Å². The van der Waals surface area contributed by atoms with E-state index in [1.165, 1.54) is 11.3 Å². The quantitative estimate of drug-likeness (QED) is 0.0767. The highest BCUT2D eigenvalue weighted by molar-refractivity contribution is 7.09. The number of amides is 4. The van der Waals surface area contributed by atoms with Crippen molar-refractivity contribution in [2.75, 3.05) is 13.6 Å². The monoisotopic (exact) mass is 733 g/mol. The van der Waals surface area contributed by atoms with Crippen molar-refractivity contribution < 1.29 is 19.1 Å². The number of unbranched alkanes of at least 4 members (excludes halogenated alkanes) is 1. The Kier molecular flexibility index (Phi) is 16.3. The molecule has 274 valence electrons. The molecule has 4 aromatic rings. The molecule has 2 aromatic carbocycles. The molecule has 5 N–H and O–H groups in total. The normalized spacial score (nSPS) is 12.9. The summed E-state index contributed by atoms with van der Waals surface area (Å²) in [5.74, 6) is 0.0664. The van der Waals surface area contributed by atoms with Gasteiger partial charge in [-0.3, -0.25) is 9.78 Å². The number of benzene rings is 2. The summed E-state index contributed by atoms with van der Waals surface area (Å²) in [7, 11) is 1.71. The lowest BCUT2D eigenvalue weighted by Gasteiger charge is -2.27. The second kappa shape index (κ2) is 21.1. The van der Waals surface area contributed by atoms with Crippen LogP contribution in [0, 0.1) is 0 Å². The molecular formula is C38H51N7O4S2. The van der Waals surface area contributed by atoms with E-state index in [-0.39, 0.29) is 30.6 Å². The molecule has 4 rings (SSSR count). The van der Waals surface area contributed by atoms with Gasteiger partial charge in [-0.05, 0) is 62.6 Å². The van der Waals surface area contributed by atoms with Crippen molar-refractivity contribution in [1.29, 1.82) is 0 Å². The smallest absolute Gasteiger partial charge is 0.407 e. The predicted molar refractivity (Wildman–Crippen MR) is 204 cm³/mol. The number of rotatable bonds is 20. The number of thiazole rings is 2. The van der Waals surface area contributed by atoms with E-state index in [0.29, 0.717) is 57.5 Å². The molecule has 4 amide bonds. The molecule has 0 aliphatic rings. The number of ether oxygens (including phenoxy) is 1. The van der Waals surface area contributed by atoms with Gasteiger partial charge in [0.2, 0.25) is 5.91 Å².